The Morgan fingerprint density at radius 1 is 0.818 bits per heavy atom. The number of rotatable bonds is 4. The SMILES string of the molecule is CC(C)C1O[C@H](C(C)C)P(=O)(c2ccccc2)[C@H](C(C)C)O1. The third-order valence-electron chi connectivity index (χ3n) is 4.15. The van der Waals surface area contributed by atoms with Gasteiger partial charge < -0.3 is 14.0 Å². The van der Waals surface area contributed by atoms with Crippen molar-refractivity contribution in [1.29, 1.82) is 0 Å². The van der Waals surface area contributed by atoms with Gasteiger partial charge in [-0.1, -0.05) is 71.9 Å². The van der Waals surface area contributed by atoms with E-state index in [1.165, 1.54) is 0 Å². The second-order valence-electron chi connectivity index (χ2n) is 7.20. The second-order valence-corrected chi connectivity index (χ2v) is 10.2. The van der Waals surface area contributed by atoms with Crippen LogP contribution in [0.4, 0.5) is 0 Å². The van der Waals surface area contributed by atoms with Crippen LogP contribution in [0.1, 0.15) is 41.5 Å². The number of ether oxygens (including phenoxy) is 2. The smallest absolute Gasteiger partial charge is 0.170 e. The standard InChI is InChI=1S/C18H29O3P/c1-12(2)16-20-17(13(3)4)22(19,18(21-16)14(5)6)15-10-8-7-9-11-15/h7-14,16-18H,1-6H3/t16?,17-,18+,22?. The molecule has 1 aromatic rings. The lowest BCUT2D eigenvalue weighted by molar-refractivity contribution is -0.214. The fourth-order valence-electron chi connectivity index (χ4n) is 3.10. The van der Waals surface area contributed by atoms with Crippen molar-refractivity contribution in [2.24, 2.45) is 17.8 Å². The molecule has 0 saturated carbocycles. The van der Waals surface area contributed by atoms with Crippen LogP contribution in [0.15, 0.2) is 30.3 Å². The van der Waals surface area contributed by atoms with Gasteiger partial charge in [-0.15, -0.1) is 0 Å². The highest BCUT2D eigenvalue weighted by molar-refractivity contribution is 7.72. The van der Waals surface area contributed by atoms with E-state index in [0.29, 0.717) is 0 Å². The van der Waals surface area contributed by atoms with Crippen molar-refractivity contribution in [1.82, 2.24) is 0 Å². The largest absolute Gasteiger partial charge is 0.341 e. The minimum absolute atomic E-state index is 0.178. The Morgan fingerprint density at radius 2 is 1.27 bits per heavy atom. The molecule has 2 unspecified atom stereocenters. The number of benzene rings is 1. The van der Waals surface area contributed by atoms with E-state index in [-0.39, 0.29) is 35.7 Å². The molecule has 0 aromatic heterocycles. The Labute approximate surface area is 134 Å². The molecule has 1 saturated heterocycles. The topological polar surface area (TPSA) is 35.5 Å². The fourth-order valence-corrected chi connectivity index (χ4v) is 6.99. The molecule has 0 bridgehead atoms. The molecule has 1 aliphatic rings. The molecule has 0 spiro atoms. The maximum atomic E-state index is 14.1. The maximum Gasteiger partial charge on any atom is 0.170 e. The Hall–Kier alpha value is -0.630. The minimum atomic E-state index is -2.82. The van der Waals surface area contributed by atoms with Gasteiger partial charge in [0.2, 0.25) is 0 Å². The molecule has 0 N–H and O–H groups in total. The molecule has 3 nitrogen and oxygen atoms in total. The highest BCUT2D eigenvalue weighted by Gasteiger charge is 2.52. The van der Waals surface area contributed by atoms with Crippen molar-refractivity contribution in [3.63, 3.8) is 0 Å². The summed E-state index contributed by atoms with van der Waals surface area (Å²) in [5.41, 5.74) is 0. The molecule has 0 aliphatic carbocycles. The van der Waals surface area contributed by atoms with Crippen molar-refractivity contribution < 1.29 is 14.0 Å². The van der Waals surface area contributed by atoms with Crippen molar-refractivity contribution >= 4 is 12.4 Å². The molecule has 4 atom stereocenters. The zero-order valence-corrected chi connectivity index (χ0v) is 15.4. The van der Waals surface area contributed by atoms with Crippen LogP contribution in [0.5, 0.6) is 0 Å². The zero-order valence-electron chi connectivity index (χ0n) is 14.5. The molecule has 2 rings (SSSR count). The molecule has 124 valence electrons. The second kappa shape index (κ2) is 6.86. The molecule has 1 aliphatic heterocycles. The molecule has 0 amide bonds. The maximum absolute atomic E-state index is 14.1. The molecular formula is C18H29O3P. The summed E-state index contributed by atoms with van der Waals surface area (Å²) in [6.07, 6.45) is -0.286. The third kappa shape index (κ3) is 3.18. The highest BCUT2D eigenvalue weighted by Crippen LogP contribution is 2.62. The first-order valence-corrected chi connectivity index (χ1v) is 10.1. The van der Waals surface area contributed by atoms with Crippen LogP contribution in [0.2, 0.25) is 0 Å². The molecule has 22 heavy (non-hydrogen) atoms. The third-order valence-corrected chi connectivity index (χ3v) is 8.20. The Morgan fingerprint density at radius 3 is 1.64 bits per heavy atom. The lowest BCUT2D eigenvalue weighted by atomic mass is 10.2. The van der Waals surface area contributed by atoms with Gasteiger partial charge in [0.25, 0.3) is 0 Å². The highest BCUT2D eigenvalue weighted by atomic mass is 31.2. The van der Waals surface area contributed by atoms with E-state index in [1.54, 1.807) is 0 Å². The molecule has 4 heteroatoms. The lowest BCUT2D eigenvalue weighted by Crippen LogP contribution is -2.47. The van der Waals surface area contributed by atoms with Crippen molar-refractivity contribution in [3.8, 4) is 0 Å². The van der Waals surface area contributed by atoms with Crippen molar-refractivity contribution in [2.75, 3.05) is 0 Å². The summed E-state index contributed by atoms with van der Waals surface area (Å²) in [4.78, 5) is 0. The normalized spacial score (nSPS) is 32.9. The van der Waals surface area contributed by atoms with E-state index in [2.05, 4.69) is 41.5 Å². The van der Waals surface area contributed by atoms with E-state index in [9.17, 15) is 4.57 Å². The van der Waals surface area contributed by atoms with Gasteiger partial charge in [0.15, 0.2) is 13.4 Å². The zero-order chi connectivity index (χ0) is 16.5. The van der Waals surface area contributed by atoms with Crippen LogP contribution in [-0.2, 0) is 14.0 Å². The van der Waals surface area contributed by atoms with Gasteiger partial charge in [-0.2, -0.15) is 0 Å². The first-order valence-electron chi connectivity index (χ1n) is 8.24. The Kier molecular flexibility index (Phi) is 5.53. The Bertz CT molecular complexity index is 502. The lowest BCUT2D eigenvalue weighted by Gasteiger charge is -2.46. The van der Waals surface area contributed by atoms with Gasteiger partial charge in [-0.25, -0.2) is 0 Å². The van der Waals surface area contributed by atoms with E-state index in [1.807, 2.05) is 30.3 Å². The van der Waals surface area contributed by atoms with E-state index in [4.69, 9.17) is 9.47 Å². The van der Waals surface area contributed by atoms with Gasteiger partial charge in [0.05, 0.1) is 0 Å². The summed E-state index contributed by atoms with van der Waals surface area (Å²) in [6, 6.07) is 9.74. The van der Waals surface area contributed by atoms with Gasteiger partial charge in [0, 0.05) is 11.2 Å². The van der Waals surface area contributed by atoms with E-state index >= 15 is 0 Å². The van der Waals surface area contributed by atoms with Crippen LogP contribution in [-0.4, -0.2) is 18.0 Å². The monoisotopic (exact) mass is 324 g/mol. The van der Waals surface area contributed by atoms with Gasteiger partial charge in [-0.05, 0) is 11.8 Å². The molecule has 1 heterocycles. The predicted octanol–water partition coefficient (Wildman–Crippen LogP) is 4.67. The van der Waals surface area contributed by atoms with Crippen LogP contribution >= 0.6 is 7.14 Å². The summed E-state index contributed by atoms with van der Waals surface area (Å²) in [6.45, 7) is 12.5. The number of hydrogen-bond acceptors (Lipinski definition) is 3. The van der Waals surface area contributed by atoms with Crippen molar-refractivity contribution in [2.45, 2.75) is 59.5 Å². The van der Waals surface area contributed by atoms with Crippen molar-refractivity contribution in [3.05, 3.63) is 30.3 Å². The first-order chi connectivity index (χ1) is 10.3. The average molecular weight is 324 g/mol. The summed E-state index contributed by atoms with van der Waals surface area (Å²) < 4.78 is 26.4. The molecule has 0 radical (unpaired) electrons. The first kappa shape index (κ1) is 17.7. The Balaban J connectivity index is 2.53. The average Bonchev–Trinajstić information content (AvgIpc) is 2.47. The van der Waals surface area contributed by atoms with E-state index in [0.717, 1.165) is 5.30 Å². The van der Waals surface area contributed by atoms with Crippen LogP contribution < -0.4 is 5.30 Å². The summed E-state index contributed by atoms with van der Waals surface area (Å²) in [7, 11) is -2.82. The fraction of sp³-hybridized carbons (Fsp3) is 0.667. The van der Waals surface area contributed by atoms with Gasteiger partial charge >= 0.3 is 0 Å². The van der Waals surface area contributed by atoms with E-state index < -0.39 is 7.14 Å². The number of hydrogen-bond donors (Lipinski definition) is 0. The minimum Gasteiger partial charge on any atom is -0.341 e. The summed E-state index contributed by atoms with van der Waals surface area (Å²) in [5.74, 6) is 0.0220. The summed E-state index contributed by atoms with van der Waals surface area (Å²) >= 11 is 0. The van der Waals surface area contributed by atoms with Gasteiger partial charge in [-0.3, -0.25) is 0 Å². The predicted molar refractivity (Wildman–Crippen MR) is 91.7 cm³/mol. The summed E-state index contributed by atoms with van der Waals surface area (Å²) in [5, 5.41) is 0.870. The molecular weight excluding hydrogens is 295 g/mol. The quantitative estimate of drug-likeness (QED) is 0.755. The molecule has 1 fully saturated rings. The van der Waals surface area contributed by atoms with Crippen LogP contribution in [0, 0.1) is 17.8 Å². The van der Waals surface area contributed by atoms with Crippen LogP contribution in [0.3, 0.4) is 0 Å². The van der Waals surface area contributed by atoms with Gasteiger partial charge in [0.1, 0.15) is 11.7 Å². The molecule has 1 aromatic carbocycles. The van der Waals surface area contributed by atoms with Crippen LogP contribution in [0.25, 0.3) is 0 Å².